The maximum atomic E-state index is 13.2. The molecule has 0 aliphatic carbocycles. The van der Waals surface area contributed by atoms with Gasteiger partial charge in [0.2, 0.25) is 10.0 Å². The highest BCUT2D eigenvalue weighted by Crippen LogP contribution is 2.36. The Bertz CT molecular complexity index is 867. The Morgan fingerprint density at radius 1 is 1.20 bits per heavy atom. The van der Waals surface area contributed by atoms with Crippen LogP contribution in [0.5, 0.6) is 0 Å². The van der Waals surface area contributed by atoms with Gasteiger partial charge in [0, 0.05) is 32.5 Å². The molecule has 136 valence electrons. The lowest BCUT2D eigenvalue weighted by Crippen LogP contribution is -2.16. The van der Waals surface area contributed by atoms with Crippen molar-refractivity contribution < 1.29 is 21.6 Å². The van der Waals surface area contributed by atoms with Crippen LogP contribution in [0.2, 0.25) is 0 Å². The Hall–Kier alpha value is -2.33. The molecule has 0 amide bonds. The summed E-state index contributed by atoms with van der Waals surface area (Å²) in [7, 11) is -0.628. The lowest BCUT2D eigenvalue weighted by molar-refractivity contribution is -0.137. The fourth-order valence-electron chi connectivity index (χ4n) is 2.10. The number of alkyl halides is 3. The second-order valence-corrected chi connectivity index (χ2v) is 7.08. The number of aromatic nitrogens is 1. The summed E-state index contributed by atoms with van der Waals surface area (Å²) < 4.78 is 62.2. The molecule has 6 nitrogen and oxygen atoms in total. The van der Waals surface area contributed by atoms with E-state index >= 15 is 0 Å². The van der Waals surface area contributed by atoms with Gasteiger partial charge in [0.15, 0.2) is 0 Å². The van der Waals surface area contributed by atoms with Crippen LogP contribution in [0.25, 0.3) is 0 Å². The van der Waals surface area contributed by atoms with Crippen LogP contribution in [0.1, 0.15) is 11.1 Å². The average Bonchev–Trinajstić information content (AvgIpc) is 2.51. The highest BCUT2D eigenvalue weighted by molar-refractivity contribution is 7.89. The molecule has 1 heterocycles. The summed E-state index contributed by atoms with van der Waals surface area (Å²) in [6.07, 6.45) is -3.17. The number of primary sulfonamides is 1. The first kappa shape index (κ1) is 19.0. The topological polar surface area (TPSA) is 88.3 Å². The summed E-state index contributed by atoms with van der Waals surface area (Å²) in [5, 5.41) is 7.58. The zero-order valence-electron chi connectivity index (χ0n) is 13.5. The van der Waals surface area contributed by atoms with Crippen LogP contribution in [0, 0.1) is 0 Å². The summed E-state index contributed by atoms with van der Waals surface area (Å²) in [6.45, 7) is 0.112. The predicted octanol–water partition coefficient (Wildman–Crippen LogP) is 2.43. The van der Waals surface area contributed by atoms with E-state index in [4.69, 9.17) is 5.14 Å². The van der Waals surface area contributed by atoms with Crippen LogP contribution >= 0.6 is 0 Å². The third-order valence-electron chi connectivity index (χ3n) is 3.38. The molecule has 1 aromatic heterocycles. The van der Waals surface area contributed by atoms with E-state index in [1.807, 2.05) is 0 Å². The molecule has 0 fully saturated rings. The number of anilines is 2. The van der Waals surface area contributed by atoms with Crippen molar-refractivity contribution in [2.45, 2.75) is 17.6 Å². The highest BCUT2D eigenvalue weighted by atomic mass is 32.2. The highest BCUT2D eigenvalue weighted by Gasteiger charge is 2.34. The molecule has 1 aromatic carbocycles. The number of benzene rings is 1. The summed E-state index contributed by atoms with van der Waals surface area (Å²) in [5.41, 5.74) is -0.605. The Balaban J connectivity index is 2.32. The minimum atomic E-state index is -4.73. The number of rotatable bonds is 5. The average molecular weight is 374 g/mol. The van der Waals surface area contributed by atoms with Gasteiger partial charge in [-0.05, 0) is 35.9 Å². The predicted molar refractivity (Wildman–Crippen MR) is 88.7 cm³/mol. The summed E-state index contributed by atoms with van der Waals surface area (Å²) in [5.74, 6) is 0.667. The number of nitrogens with zero attached hydrogens (tertiary/aromatic N) is 2. The molecule has 0 aliphatic heterocycles. The molecule has 0 aliphatic rings. The van der Waals surface area contributed by atoms with Crippen molar-refractivity contribution in [3.63, 3.8) is 0 Å². The van der Waals surface area contributed by atoms with Gasteiger partial charge in [-0.2, -0.15) is 13.2 Å². The van der Waals surface area contributed by atoms with Gasteiger partial charge in [0.05, 0.1) is 10.5 Å². The van der Waals surface area contributed by atoms with Gasteiger partial charge in [-0.3, -0.25) is 0 Å². The molecule has 0 bridgehead atoms. The van der Waals surface area contributed by atoms with Gasteiger partial charge < -0.3 is 10.2 Å². The van der Waals surface area contributed by atoms with Crippen molar-refractivity contribution in [3.05, 3.63) is 47.7 Å². The number of nitrogens with one attached hydrogen (secondary N) is 1. The standard InChI is InChI=1S/C15H17F3N4O2S/c1-22(2)14-7-10(5-6-20-14)9-21-13-4-3-11(25(19,23)24)8-12(13)15(16,17)18/h3-8,21H,9H2,1-2H3,(H2,19,23,24). The SMILES string of the molecule is CN(C)c1cc(CNc2ccc(S(N)(=O)=O)cc2C(F)(F)F)ccn1. The second-order valence-electron chi connectivity index (χ2n) is 5.52. The first-order valence-corrected chi connectivity index (χ1v) is 8.63. The molecule has 2 aromatic rings. The second kappa shape index (κ2) is 6.89. The fourth-order valence-corrected chi connectivity index (χ4v) is 2.64. The number of halogens is 3. The summed E-state index contributed by atoms with van der Waals surface area (Å²) >= 11 is 0. The number of hydrogen-bond acceptors (Lipinski definition) is 5. The van der Waals surface area contributed by atoms with Crippen molar-refractivity contribution in [1.82, 2.24) is 4.98 Å². The van der Waals surface area contributed by atoms with Gasteiger partial charge >= 0.3 is 6.18 Å². The van der Waals surface area contributed by atoms with Crippen LogP contribution in [-0.4, -0.2) is 27.5 Å². The molecule has 2 rings (SSSR count). The van der Waals surface area contributed by atoms with Crippen molar-refractivity contribution in [1.29, 1.82) is 0 Å². The van der Waals surface area contributed by atoms with Crippen molar-refractivity contribution in [2.75, 3.05) is 24.3 Å². The van der Waals surface area contributed by atoms with Crippen LogP contribution in [0.3, 0.4) is 0 Å². The molecule has 10 heteroatoms. The minimum Gasteiger partial charge on any atom is -0.380 e. The number of pyridine rings is 1. The fraction of sp³-hybridized carbons (Fsp3) is 0.267. The van der Waals surface area contributed by atoms with Crippen LogP contribution in [-0.2, 0) is 22.7 Å². The van der Waals surface area contributed by atoms with E-state index in [1.165, 1.54) is 0 Å². The number of nitrogens with two attached hydrogens (primary N) is 1. The first-order valence-electron chi connectivity index (χ1n) is 7.08. The molecule has 25 heavy (non-hydrogen) atoms. The lowest BCUT2D eigenvalue weighted by Gasteiger charge is -2.16. The Labute approximate surface area is 143 Å². The maximum absolute atomic E-state index is 13.2. The van der Waals surface area contributed by atoms with Gasteiger partial charge in [-0.15, -0.1) is 0 Å². The summed E-state index contributed by atoms with van der Waals surface area (Å²) in [6, 6.07) is 6.02. The molecule has 0 saturated carbocycles. The van der Waals surface area contributed by atoms with Crippen molar-refractivity contribution >= 4 is 21.5 Å². The third-order valence-corrected chi connectivity index (χ3v) is 4.29. The summed E-state index contributed by atoms with van der Waals surface area (Å²) in [4.78, 5) is 5.30. The lowest BCUT2D eigenvalue weighted by atomic mass is 10.1. The Kier molecular flexibility index (Phi) is 5.23. The molecule has 0 spiro atoms. The zero-order chi connectivity index (χ0) is 18.8. The molecule has 0 atom stereocenters. The minimum absolute atomic E-state index is 0.112. The van der Waals surface area contributed by atoms with Crippen molar-refractivity contribution in [2.24, 2.45) is 5.14 Å². The molecular formula is C15H17F3N4O2S. The first-order chi connectivity index (χ1) is 11.5. The van der Waals surface area contributed by atoms with Gasteiger partial charge in [0.25, 0.3) is 0 Å². The van der Waals surface area contributed by atoms with E-state index in [9.17, 15) is 21.6 Å². The Morgan fingerprint density at radius 3 is 2.44 bits per heavy atom. The van der Waals surface area contributed by atoms with E-state index < -0.39 is 26.7 Å². The Morgan fingerprint density at radius 2 is 1.88 bits per heavy atom. The quantitative estimate of drug-likeness (QED) is 0.839. The van der Waals surface area contributed by atoms with Crippen LogP contribution < -0.4 is 15.4 Å². The van der Waals surface area contributed by atoms with E-state index in [0.717, 1.165) is 17.7 Å². The van der Waals surface area contributed by atoms with E-state index in [1.54, 1.807) is 37.3 Å². The third kappa shape index (κ3) is 4.83. The molecule has 0 radical (unpaired) electrons. The smallest absolute Gasteiger partial charge is 0.380 e. The zero-order valence-corrected chi connectivity index (χ0v) is 14.3. The monoisotopic (exact) mass is 374 g/mol. The molecule has 0 unspecified atom stereocenters. The molecule has 3 N–H and O–H groups in total. The van der Waals surface area contributed by atoms with Gasteiger partial charge in [0.1, 0.15) is 5.82 Å². The van der Waals surface area contributed by atoms with Gasteiger partial charge in [-0.25, -0.2) is 18.5 Å². The normalized spacial score (nSPS) is 12.1. The largest absolute Gasteiger partial charge is 0.418 e. The van der Waals surface area contributed by atoms with Crippen molar-refractivity contribution in [3.8, 4) is 0 Å². The number of hydrogen-bond donors (Lipinski definition) is 2. The molecule has 0 saturated heterocycles. The van der Waals surface area contributed by atoms with Crippen LogP contribution in [0.15, 0.2) is 41.4 Å². The molecular weight excluding hydrogens is 357 g/mol. The van der Waals surface area contributed by atoms with E-state index in [2.05, 4.69) is 10.3 Å². The van der Waals surface area contributed by atoms with Crippen LogP contribution in [0.4, 0.5) is 24.7 Å². The maximum Gasteiger partial charge on any atom is 0.418 e. The van der Waals surface area contributed by atoms with E-state index in [-0.39, 0.29) is 12.2 Å². The number of sulfonamides is 1. The van der Waals surface area contributed by atoms with Gasteiger partial charge in [-0.1, -0.05) is 0 Å². The van der Waals surface area contributed by atoms with E-state index in [0.29, 0.717) is 11.9 Å².